The molecule has 136 valence electrons. The summed E-state index contributed by atoms with van der Waals surface area (Å²) < 4.78 is 37.9. The molecule has 0 aliphatic carbocycles. The molecule has 0 bridgehead atoms. The third-order valence-corrected chi connectivity index (χ3v) is 5.44. The normalized spacial score (nSPS) is 18.7. The van der Waals surface area contributed by atoms with Crippen LogP contribution in [0.4, 0.5) is 19.3 Å². The van der Waals surface area contributed by atoms with Crippen LogP contribution >= 0.6 is 11.8 Å². The molecule has 0 aromatic heterocycles. The average molecular weight is 378 g/mol. The molecule has 2 aliphatic heterocycles. The van der Waals surface area contributed by atoms with Crippen molar-refractivity contribution in [1.82, 2.24) is 4.90 Å². The average Bonchev–Trinajstić information content (AvgIpc) is 3.13. The highest BCUT2D eigenvalue weighted by Crippen LogP contribution is 2.41. The lowest BCUT2D eigenvalue weighted by molar-refractivity contribution is 0.171. The van der Waals surface area contributed by atoms with Crippen molar-refractivity contribution in [2.75, 3.05) is 30.8 Å². The first-order valence-electron chi connectivity index (χ1n) is 8.15. The van der Waals surface area contributed by atoms with Gasteiger partial charge in [0.25, 0.3) is 0 Å². The second-order valence-electron chi connectivity index (χ2n) is 5.87. The van der Waals surface area contributed by atoms with Crippen molar-refractivity contribution in [2.45, 2.75) is 5.37 Å². The molecule has 8 heteroatoms. The van der Waals surface area contributed by atoms with Crippen molar-refractivity contribution in [3.63, 3.8) is 0 Å². The number of nitrogens with one attached hydrogen (secondary N) is 1. The molecule has 2 aliphatic rings. The van der Waals surface area contributed by atoms with Crippen molar-refractivity contribution in [1.29, 1.82) is 0 Å². The van der Waals surface area contributed by atoms with Gasteiger partial charge in [-0.2, -0.15) is 0 Å². The Morgan fingerprint density at radius 2 is 1.92 bits per heavy atom. The summed E-state index contributed by atoms with van der Waals surface area (Å²) in [4.78, 5) is 14.2. The van der Waals surface area contributed by atoms with Crippen LogP contribution < -0.4 is 14.8 Å². The number of thioether (sulfide) groups is 1. The molecule has 2 aromatic rings. The van der Waals surface area contributed by atoms with E-state index in [1.807, 2.05) is 18.2 Å². The number of ether oxygens (including phenoxy) is 2. The number of urea groups is 1. The number of nitrogens with zero attached hydrogens (tertiary/aromatic N) is 1. The molecule has 5 nitrogen and oxygen atoms in total. The van der Waals surface area contributed by atoms with Crippen molar-refractivity contribution in [3.05, 3.63) is 53.6 Å². The van der Waals surface area contributed by atoms with E-state index in [4.69, 9.17) is 9.47 Å². The lowest BCUT2D eigenvalue weighted by Crippen LogP contribution is -2.34. The van der Waals surface area contributed by atoms with Gasteiger partial charge in [0.15, 0.2) is 11.5 Å². The molecule has 2 aromatic carbocycles. The molecule has 4 rings (SSSR count). The Bertz CT molecular complexity index is 849. The first kappa shape index (κ1) is 17.0. The maximum atomic E-state index is 13.8. The number of anilines is 1. The monoisotopic (exact) mass is 378 g/mol. The standard InChI is InChI=1S/C18H16F2N2O3S/c19-12-2-3-14(13(20)10-12)21-18(23)22-5-8-26-17(22)11-1-4-15-16(9-11)25-7-6-24-15/h1-4,9-10,17H,5-8H2,(H,21,23)/t17-/m1/s1. The van der Waals surface area contributed by atoms with Gasteiger partial charge in [-0.1, -0.05) is 6.07 Å². The molecule has 2 heterocycles. The fraction of sp³-hybridized carbons (Fsp3) is 0.278. The summed E-state index contributed by atoms with van der Waals surface area (Å²) in [7, 11) is 0. The third kappa shape index (κ3) is 3.29. The third-order valence-electron chi connectivity index (χ3n) is 4.18. The van der Waals surface area contributed by atoms with Gasteiger partial charge in [0.1, 0.15) is 30.2 Å². The Kier molecular flexibility index (Phi) is 4.58. The Hall–Kier alpha value is -2.48. The largest absolute Gasteiger partial charge is 0.486 e. The number of benzene rings is 2. The van der Waals surface area contributed by atoms with Crippen LogP contribution in [0.1, 0.15) is 10.9 Å². The van der Waals surface area contributed by atoms with Crippen LogP contribution in [0, 0.1) is 11.6 Å². The molecule has 1 saturated heterocycles. The molecule has 0 spiro atoms. The molecular formula is C18H16F2N2O3S. The van der Waals surface area contributed by atoms with Crippen molar-refractivity contribution in [3.8, 4) is 11.5 Å². The first-order valence-corrected chi connectivity index (χ1v) is 9.20. The van der Waals surface area contributed by atoms with E-state index in [9.17, 15) is 13.6 Å². The number of rotatable bonds is 2. The summed E-state index contributed by atoms with van der Waals surface area (Å²) >= 11 is 1.61. The molecule has 0 unspecified atom stereocenters. The van der Waals surface area contributed by atoms with Gasteiger partial charge in [0.2, 0.25) is 0 Å². The van der Waals surface area contributed by atoms with Crippen molar-refractivity contribution in [2.24, 2.45) is 0 Å². The van der Waals surface area contributed by atoms with Gasteiger partial charge >= 0.3 is 6.03 Å². The van der Waals surface area contributed by atoms with Gasteiger partial charge in [-0.05, 0) is 29.8 Å². The van der Waals surface area contributed by atoms with Crippen LogP contribution in [0.25, 0.3) is 0 Å². The summed E-state index contributed by atoms with van der Waals surface area (Å²) in [5.74, 6) is 0.615. The Balaban J connectivity index is 1.53. The van der Waals surface area contributed by atoms with Gasteiger partial charge in [0, 0.05) is 18.4 Å². The van der Waals surface area contributed by atoms with Crippen LogP contribution in [0.15, 0.2) is 36.4 Å². The highest BCUT2D eigenvalue weighted by molar-refractivity contribution is 7.99. The first-order chi connectivity index (χ1) is 12.6. The highest BCUT2D eigenvalue weighted by Gasteiger charge is 2.32. The predicted octanol–water partition coefficient (Wildman–Crippen LogP) is 4.02. The number of carbonyl (C=O) groups is 1. The highest BCUT2D eigenvalue weighted by atomic mass is 32.2. The minimum atomic E-state index is -0.805. The van der Waals surface area contributed by atoms with Crippen LogP contribution in [-0.2, 0) is 0 Å². The summed E-state index contributed by atoms with van der Waals surface area (Å²) in [6.07, 6.45) is 0. The van der Waals surface area contributed by atoms with E-state index in [-0.39, 0.29) is 11.1 Å². The number of halogens is 2. The Labute approximate surface area is 153 Å². The zero-order chi connectivity index (χ0) is 18.1. The van der Waals surface area contributed by atoms with Gasteiger partial charge in [0.05, 0.1) is 5.69 Å². The molecule has 26 heavy (non-hydrogen) atoms. The summed E-state index contributed by atoms with van der Waals surface area (Å²) in [6, 6.07) is 8.23. The molecule has 0 radical (unpaired) electrons. The maximum Gasteiger partial charge on any atom is 0.323 e. The quantitative estimate of drug-likeness (QED) is 0.858. The van der Waals surface area contributed by atoms with E-state index in [1.54, 1.807) is 16.7 Å². The summed E-state index contributed by atoms with van der Waals surface area (Å²) in [5.41, 5.74) is 0.862. The number of fused-ring (bicyclic) bond motifs is 1. The van der Waals surface area contributed by atoms with E-state index in [2.05, 4.69) is 5.32 Å². The van der Waals surface area contributed by atoms with Crippen molar-refractivity contribution >= 4 is 23.5 Å². The van der Waals surface area contributed by atoms with Gasteiger partial charge in [-0.25, -0.2) is 13.6 Å². The maximum absolute atomic E-state index is 13.8. The van der Waals surface area contributed by atoms with E-state index in [0.29, 0.717) is 31.3 Å². The van der Waals surface area contributed by atoms with Gasteiger partial charge < -0.3 is 19.7 Å². The van der Waals surface area contributed by atoms with Crippen LogP contribution in [-0.4, -0.2) is 36.4 Å². The SMILES string of the molecule is O=C(Nc1ccc(F)cc1F)N1CCS[C@@H]1c1ccc2c(c1)OCCO2. The zero-order valence-electron chi connectivity index (χ0n) is 13.7. The fourth-order valence-electron chi connectivity index (χ4n) is 2.95. The summed E-state index contributed by atoms with van der Waals surface area (Å²) in [6.45, 7) is 1.53. The summed E-state index contributed by atoms with van der Waals surface area (Å²) in [5, 5.41) is 2.30. The Morgan fingerprint density at radius 1 is 1.12 bits per heavy atom. The minimum Gasteiger partial charge on any atom is -0.486 e. The minimum absolute atomic E-state index is 0.0470. The number of carbonyl (C=O) groups excluding carboxylic acids is 1. The molecular weight excluding hydrogens is 362 g/mol. The second-order valence-corrected chi connectivity index (χ2v) is 7.06. The van der Waals surface area contributed by atoms with E-state index in [1.165, 1.54) is 6.07 Å². The lowest BCUT2D eigenvalue weighted by atomic mass is 10.1. The number of amides is 2. The smallest absolute Gasteiger partial charge is 0.323 e. The van der Waals surface area contributed by atoms with E-state index < -0.39 is 17.7 Å². The lowest BCUT2D eigenvalue weighted by Gasteiger charge is -2.26. The second kappa shape index (κ2) is 7.03. The van der Waals surface area contributed by atoms with E-state index >= 15 is 0 Å². The number of hydrogen-bond acceptors (Lipinski definition) is 4. The molecule has 0 saturated carbocycles. The van der Waals surface area contributed by atoms with E-state index in [0.717, 1.165) is 23.4 Å². The van der Waals surface area contributed by atoms with Gasteiger partial charge in [-0.15, -0.1) is 11.8 Å². The molecule has 1 fully saturated rings. The number of hydrogen-bond donors (Lipinski definition) is 1. The van der Waals surface area contributed by atoms with Crippen molar-refractivity contribution < 1.29 is 23.0 Å². The van der Waals surface area contributed by atoms with Crippen LogP contribution in [0.2, 0.25) is 0 Å². The Morgan fingerprint density at radius 3 is 2.73 bits per heavy atom. The topological polar surface area (TPSA) is 50.8 Å². The molecule has 1 atom stereocenters. The van der Waals surface area contributed by atoms with Crippen LogP contribution in [0.3, 0.4) is 0 Å². The predicted molar refractivity (Wildman–Crippen MR) is 94.7 cm³/mol. The molecule has 1 N–H and O–H groups in total. The van der Waals surface area contributed by atoms with Crippen LogP contribution in [0.5, 0.6) is 11.5 Å². The van der Waals surface area contributed by atoms with Gasteiger partial charge in [-0.3, -0.25) is 0 Å². The fourth-order valence-corrected chi connectivity index (χ4v) is 4.19. The zero-order valence-corrected chi connectivity index (χ0v) is 14.5. The molecule has 2 amide bonds.